The third kappa shape index (κ3) is 3.45. The highest BCUT2D eigenvalue weighted by Crippen LogP contribution is 2.30. The SMILES string of the molecule is Cc1ccc(OCc2c(Br)cccc2N(C)N)c(Cl)c1. The molecule has 0 saturated carbocycles. The molecule has 0 unspecified atom stereocenters. The van der Waals surface area contributed by atoms with Gasteiger partial charge in [-0.2, -0.15) is 0 Å². The molecule has 0 aliphatic carbocycles. The van der Waals surface area contributed by atoms with Crippen molar-refractivity contribution < 1.29 is 4.74 Å². The van der Waals surface area contributed by atoms with Gasteiger partial charge in [-0.05, 0) is 36.8 Å². The number of halogens is 2. The molecule has 0 spiro atoms. The molecule has 0 saturated heterocycles. The smallest absolute Gasteiger partial charge is 0.138 e. The van der Waals surface area contributed by atoms with Crippen molar-refractivity contribution in [3.63, 3.8) is 0 Å². The molecular weight excluding hydrogens is 340 g/mol. The Balaban J connectivity index is 2.23. The van der Waals surface area contributed by atoms with Gasteiger partial charge in [0.05, 0.1) is 10.7 Å². The summed E-state index contributed by atoms with van der Waals surface area (Å²) in [6.07, 6.45) is 0. The lowest BCUT2D eigenvalue weighted by atomic mass is 10.2. The number of nitrogens with zero attached hydrogens (tertiary/aromatic N) is 1. The predicted molar refractivity (Wildman–Crippen MR) is 87.3 cm³/mol. The maximum absolute atomic E-state index is 6.17. The summed E-state index contributed by atoms with van der Waals surface area (Å²) in [7, 11) is 1.80. The van der Waals surface area contributed by atoms with Gasteiger partial charge in [-0.25, -0.2) is 5.84 Å². The molecule has 5 heteroatoms. The first-order valence-corrected chi connectivity index (χ1v) is 7.31. The second kappa shape index (κ2) is 6.48. The summed E-state index contributed by atoms with van der Waals surface area (Å²) in [5.74, 6) is 6.50. The van der Waals surface area contributed by atoms with Crippen molar-refractivity contribution in [3.05, 3.63) is 57.0 Å². The fourth-order valence-electron chi connectivity index (χ4n) is 1.89. The molecule has 0 aromatic heterocycles. The molecule has 2 N–H and O–H groups in total. The molecule has 0 bridgehead atoms. The van der Waals surface area contributed by atoms with Gasteiger partial charge >= 0.3 is 0 Å². The van der Waals surface area contributed by atoms with Crippen LogP contribution in [0.4, 0.5) is 5.69 Å². The fraction of sp³-hybridized carbons (Fsp3) is 0.200. The van der Waals surface area contributed by atoms with Gasteiger partial charge in [-0.3, -0.25) is 0 Å². The minimum Gasteiger partial charge on any atom is -0.487 e. The Morgan fingerprint density at radius 3 is 2.70 bits per heavy atom. The Morgan fingerprint density at radius 2 is 2.05 bits per heavy atom. The average molecular weight is 356 g/mol. The van der Waals surface area contributed by atoms with Crippen molar-refractivity contribution in [1.82, 2.24) is 0 Å². The van der Waals surface area contributed by atoms with Crippen LogP contribution in [0.15, 0.2) is 40.9 Å². The van der Waals surface area contributed by atoms with Gasteiger partial charge < -0.3 is 9.75 Å². The summed E-state index contributed by atoms with van der Waals surface area (Å²) in [6.45, 7) is 2.38. The van der Waals surface area contributed by atoms with E-state index < -0.39 is 0 Å². The van der Waals surface area contributed by atoms with Crippen LogP contribution in [-0.2, 0) is 6.61 Å². The van der Waals surface area contributed by atoms with Gasteiger partial charge in [-0.15, -0.1) is 0 Å². The van der Waals surface area contributed by atoms with Gasteiger partial charge in [0, 0.05) is 17.1 Å². The first kappa shape index (κ1) is 15.2. The highest BCUT2D eigenvalue weighted by atomic mass is 79.9. The van der Waals surface area contributed by atoms with Crippen molar-refractivity contribution in [1.29, 1.82) is 0 Å². The molecule has 0 heterocycles. The molecule has 0 radical (unpaired) electrons. The summed E-state index contributed by atoms with van der Waals surface area (Å²) in [6, 6.07) is 11.6. The van der Waals surface area contributed by atoms with Crippen LogP contribution >= 0.6 is 27.5 Å². The van der Waals surface area contributed by atoms with E-state index in [1.165, 1.54) is 0 Å². The van der Waals surface area contributed by atoms with Crippen LogP contribution in [0.5, 0.6) is 5.75 Å². The van der Waals surface area contributed by atoms with E-state index in [1.54, 1.807) is 12.1 Å². The zero-order chi connectivity index (χ0) is 14.7. The van der Waals surface area contributed by atoms with E-state index >= 15 is 0 Å². The fourth-order valence-corrected chi connectivity index (χ4v) is 2.65. The van der Waals surface area contributed by atoms with E-state index in [9.17, 15) is 0 Å². The van der Waals surface area contributed by atoms with E-state index in [-0.39, 0.29) is 0 Å². The molecular formula is C15H16BrClN2O. The van der Waals surface area contributed by atoms with E-state index in [2.05, 4.69) is 15.9 Å². The maximum Gasteiger partial charge on any atom is 0.138 e. The molecule has 106 valence electrons. The number of hydrogen-bond donors (Lipinski definition) is 1. The summed E-state index contributed by atoms with van der Waals surface area (Å²) in [5.41, 5.74) is 2.99. The molecule has 2 rings (SSSR count). The number of nitrogens with two attached hydrogens (primary N) is 1. The zero-order valence-corrected chi connectivity index (χ0v) is 13.7. The van der Waals surface area contributed by atoms with Crippen LogP contribution in [0, 0.1) is 6.92 Å². The standard InChI is InChI=1S/C15H16BrClN2O/c1-10-6-7-15(13(17)8-10)20-9-11-12(16)4-3-5-14(11)19(2)18/h3-8H,9,18H2,1-2H3. The second-order valence-electron chi connectivity index (χ2n) is 4.57. The van der Waals surface area contributed by atoms with Crippen LogP contribution in [-0.4, -0.2) is 7.05 Å². The molecule has 20 heavy (non-hydrogen) atoms. The van der Waals surface area contributed by atoms with Gasteiger partial charge in [0.1, 0.15) is 12.4 Å². The van der Waals surface area contributed by atoms with Crippen LogP contribution in [0.1, 0.15) is 11.1 Å². The van der Waals surface area contributed by atoms with Gasteiger partial charge in [0.2, 0.25) is 0 Å². The summed E-state index contributed by atoms with van der Waals surface area (Å²) >= 11 is 9.69. The van der Waals surface area contributed by atoms with Crippen LogP contribution < -0.4 is 15.6 Å². The van der Waals surface area contributed by atoms with Crippen molar-refractivity contribution in [2.75, 3.05) is 12.1 Å². The quantitative estimate of drug-likeness (QED) is 0.656. The summed E-state index contributed by atoms with van der Waals surface area (Å²) < 4.78 is 6.76. The Morgan fingerprint density at radius 1 is 1.30 bits per heavy atom. The van der Waals surface area contributed by atoms with Crippen molar-refractivity contribution in [2.45, 2.75) is 13.5 Å². The molecule has 0 aliphatic heterocycles. The van der Waals surface area contributed by atoms with Crippen molar-refractivity contribution in [3.8, 4) is 5.75 Å². The Bertz CT molecular complexity index is 617. The van der Waals surface area contributed by atoms with Crippen LogP contribution in [0.2, 0.25) is 5.02 Å². The first-order chi connectivity index (χ1) is 9.49. The minimum absolute atomic E-state index is 0.390. The van der Waals surface area contributed by atoms with E-state index in [0.717, 1.165) is 21.3 Å². The zero-order valence-electron chi connectivity index (χ0n) is 11.4. The van der Waals surface area contributed by atoms with Crippen LogP contribution in [0.25, 0.3) is 0 Å². The van der Waals surface area contributed by atoms with Crippen LogP contribution in [0.3, 0.4) is 0 Å². The minimum atomic E-state index is 0.390. The molecule has 3 nitrogen and oxygen atoms in total. The highest BCUT2D eigenvalue weighted by Gasteiger charge is 2.10. The lowest BCUT2D eigenvalue weighted by Gasteiger charge is -2.19. The Kier molecular flexibility index (Phi) is 4.91. The lowest BCUT2D eigenvalue weighted by molar-refractivity contribution is 0.306. The third-order valence-electron chi connectivity index (χ3n) is 2.93. The number of hydrogen-bond acceptors (Lipinski definition) is 3. The van der Waals surface area contributed by atoms with Gasteiger partial charge in [-0.1, -0.05) is 39.7 Å². The summed E-state index contributed by atoms with van der Waals surface area (Å²) in [5, 5.41) is 2.18. The normalized spacial score (nSPS) is 10.4. The topological polar surface area (TPSA) is 38.5 Å². The van der Waals surface area contributed by atoms with Gasteiger partial charge in [0.15, 0.2) is 0 Å². The molecule has 0 aliphatic rings. The molecule has 0 atom stereocenters. The molecule has 0 amide bonds. The van der Waals surface area contributed by atoms with Crippen molar-refractivity contribution in [2.24, 2.45) is 5.84 Å². The number of aryl methyl sites for hydroxylation is 1. The number of ether oxygens (including phenoxy) is 1. The average Bonchev–Trinajstić information content (AvgIpc) is 2.38. The van der Waals surface area contributed by atoms with E-state index in [0.29, 0.717) is 17.4 Å². The van der Waals surface area contributed by atoms with Gasteiger partial charge in [0.25, 0.3) is 0 Å². The first-order valence-electron chi connectivity index (χ1n) is 6.14. The number of benzene rings is 2. The van der Waals surface area contributed by atoms with E-state index in [4.69, 9.17) is 22.2 Å². The van der Waals surface area contributed by atoms with Crippen molar-refractivity contribution >= 4 is 33.2 Å². The Hall–Kier alpha value is -1.23. The predicted octanol–water partition coefficient (Wildman–Crippen LogP) is 4.30. The monoisotopic (exact) mass is 354 g/mol. The molecule has 2 aromatic rings. The summed E-state index contributed by atoms with van der Waals surface area (Å²) in [4.78, 5) is 0. The second-order valence-corrected chi connectivity index (χ2v) is 5.83. The number of hydrazine groups is 1. The maximum atomic E-state index is 6.17. The highest BCUT2D eigenvalue weighted by molar-refractivity contribution is 9.10. The molecule has 2 aromatic carbocycles. The third-order valence-corrected chi connectivity index (χ3v) is 3.97. The number of anilines is 1. The Labute approximate surface area is 132 Å². The largest absolute Gasteiger partial charge is 0.487 e. The lowest BCUT2D eigenvalue weighted by Crippen LogP contribution is -2.26. The van der Waals surface area contributed by atoms with E-state index in [1.807, 2.05) is 43.3 Å². The molecule has 0 fully saturated rings. The number of rotatable bonds is 4.